The van der Waals surface area contributed by atoms with Crippen LogP contribution in [0.1, 0.15) is 28.8 Å². The number of hydrogen-bond acceptors (Lipinski definition) is 6. The molecule has 5 rings (SSSR count). The first-order valence-electron chi connectivity index (χ1n) is 10.5. The SMILES string of the molecule is N#CC1(NC(=O)O[C@H]2Cc3ccc(c(Cl)c3)OC/C=C/COc3ccccc3C(=O)N2)CC1. The van der Waals surface area contributed by atoms with Gasteiger partial charge in [-0.3, -0.25) is 4.79 Å². The van der Waals surface area contributed by atoms with Crippen LogP contribution in [-0.4, -0.2) is 37.0 Å². The molecule has 3 aliphatic rings. The number of nitrogens with zero attached hydrogens (tertiary/aromatic N) is 1. The van der Waals surface area contributed by atoms with E-state index >= 15 is 0 Å². The summed E-state index contributed by atoms with van der Waals surface area (Å²) in [5.74, 6) is 0.433. The molecule has 2 aromatic carbocycles. The molecule has 2 aliphatic heterocycles. The molecule has 2 bridgehead atoms. The molecule has 0 radical (unpaired) electrons. The van der Waals surface area contributed by atoms with Crippen molar-refractivity contribution in [1.29, 1.82) is 5.26 Å². The maximum absolute atomic E-state index is 13.0. The lowest BCUT2D eigenvalue weighted by molar-refractivity contribution is 0.0622. The number of rotatable bonds is 2. The number of carbonyl (C=O) groups excluding carboxylic acids is 2. The molecule has 1 fully saturated rings. The normalized spacial score (nSPS) is 20.1. The van der Waals surface area contributed by atoms with E-state index in [1.54, 1.807) is 54.6 Å². The van der Waals surface area contributed by atoms with Gasteiger partial charge in [0.15, 0.2) is 6.23 Å². The monoisotopic (exact) mass is 467 g/mol. The Labute approximate surface area is 196 Å². The number of hydrogen-bond donors (Lipinski definition) is 2. The molecule has 2 amide bonds. The van der Waals surface area contributed by atoms with Gasteiger partial charge < -0.3 is 24.8 Å². The molecule has 2 N–H and O–H groups in total. The van der Waals surface area contributed by atoms with Crippen molar-refractivity contribution >= 4 is 23.6 Å². The van der Waals surface area contributed by atoms with E-state index in [-0.39, 0.29) is 13.0 Å². The minimum atomic E-state index is -1.02. The number of amides is 2. The summed E-state index contributed by atoms with van der Waals surface area (Å²) in [4.78, 5) is 25.5. The van der Waals surface area contributed by atoms with E-state index in [4.69, 9.17) is 25.8 Å². The van der Waals surface area contributed by atoms with E-state index in [2.05, 4.69) is 16.7 Å². The van der Waals surface area contributed by atoms with Crippen LogP contribution in [0, 0.1) is 11.3 Å². The topological polar surface area (TPSA) is 110 Å². The number of nitriles is 1. The van der Waals surface area contributed by atoms with Crippen LogP contribution in [0.2, 0.25) is 5.02 Å². The third kappa shape index (κ3) is 5.76. The summed E-state index contributed by atoms with van der Waals surface area (Å²) in [7, 11) is 0. The van der Waals surface area contributed by atoms with Crippen molar-refractivity contribution in [2.75, 3.05) is 13.2 Å². The van der Waals surface area contributed by atoms with Crippen molar-refractivity contribution in [2.45, 2.75) is 31.0 Å². The van der Waals surface area contributed by atoms with Gasteiger partial charge in [-0.2, -0.15) is 5.26 Å². The minimum absolute atomic E-state index is 0.154. The lowest BCUT2D eigenvalue weighted by atomic mass is 10.1. The fourth-order valence-electron chi connectivity index (χ4n) is 3.28. The summed E-state index contributed by atoms with van der Waals surface area (Å²) in [5.41, 5.74) is 0.127. The smallest absolute Gasteiger partial charge is 0.410 e. The second-order valence-electron chi connectivity index (χ2n) is 7.74. The molecule has 2 aromatic rings. The molecule has 33 heavy (non-hydrogen) atoms. The van der Waals surface area contributed by atoms with Crippen molar-refractivity contribution in [3.8, 4) is 17.6 Å². The highest BCUT2D eigenvalue weighted by Gasteiger charge is 2.45. The van der Waals surface area contributed by atoms with E-state index in [1.807, 2.05) is 0 Å². The Kier molecular flexibility index (Phi) is 6.71. The summed E-state index contributed by atoms with van der Waals surface area (Å²) < 4.78 is 16.9. The Morgan fingerprint density at radius 2 is 1.88 bits per heavy atom. The average Bonchev–Trinajstić information content (AvgIpc) is 3.56. The summed E-state index contributed by atoms with van der Waals surface area (Å²) in [6, 6.07) is 14.1. The van der Waals surface area contributed by atoms with Gasteiger partial charge in [-0.1, -0.05) is 29.8 Å². The summed E-state index contributed by atoms with van der Waals surface area (Å²) >= 11 is 6.34. The predicted octanol–water partition coefficient (Wildman–Crippen LogP) is 3.75. The Morgan fingerprint density at radius 1 is 1.15 bits per heavy atom. The van der Waals surface area contributed by atoms with Crippen LogP contribution < -0.4 is 20.1 Å². The minimum Gasteiger partial charge on any atom is -0.489 e. The standard InChI is InChI=1S/C24H22ClN3O5/c25-18-13-16-7-8-20(18)32-12-4-3-11-31-19-6-2-1-5-17(19)22(29)27-21(14-16)33-23(30)28-24(15-26)9-10-24/h1-8,13,21H,9-12,14H2,(H,27,29)(H,28,30)/b4-3+/t21-/m0/s1. The second-order valence-corrected chi connectivity index (χ2v) is 8.15. The second kappa shape index (κ2) is 9.84. The molecule has 170 valence electrons. The quantitative estimate of drug-likeness (QED) is 0.651. The van der Waals surface area contributed by atoms with Crippen molar-refractivity contribution in [1.82, 2.24) is 10.6 Å². The summed E-state index contributed by atoms with van der Waals surface area (Å²) in [6.45, 7) is 0.538. The Hall–Kier alpha value is -3.70. The first-order valence-corrected chi connectivity index (χ1v) is 10.8. The molecule has 9 heteroatoms. The van der Waals surface area contributed by atoms with Gasteiger partial charge in [-0.05, 0) is 54.8 Å². The van der Waals surface area contributed by atoms with Gasteiger partial charge in [0.05, 0.1) is 16.7 Å². The molecule has 0 unspecified atom stereocenters. The van der Waals surface area contributed by atoms with Gasteiger partial charge in [0.25, 0.3) is 5.91 Å². The largest absolute Gasteiger partial charge is 0.489 e. The first-order chi connectivity index (χ1) is 16.0. The van der Waals surface area contributed by atoms with Crippen LogP contribution in [0.25, 0.3) is 0 Å². The Bertz CT molecular complexity index is 1120. The number of alkyl carbamates (subject to hydrolysis) is 1. The average molecular weight is 468 g/mol. The highest BCUT2D eigenvalue weighted by atomic mass is 35.5. The fourth-order valence-corrected chi connectivity index (χ4v) is 3.54. The van der Waals surface area contributed by atoms with Gasteiger partial charge in [0.1, 0.15) is 30.3 Å². The molecule has 1 atom stereocenters. The molecule has 8 nitrogen and oxygen atoms in total. The van der Waals surface area contributed by atoms with E-state index in [1.165, 1.54) is 0 Å². The maximum atomic E-state index is 13.0. The number of para-hydroxylation sites is 1. The highest BCUT2D eigenvalue weighted by molar-refractivity contribution is 6.32. The molecule has 2 heterocycles. The van der Waals surface area contributed by atoms with Crippen molar-refractivity contribution in [2.24, 2.45) is 0 Å². The lowest BCUT2D eigenvalue weighted by Gasteiger charge is -2.22. The zero-order valence-corrected chi connectivity index (χ0v) is 18.4. The van der Waals surface area contributed by atoms with Gasteiger partial charge in [-0.15, -0.1) is 0 Å². The van der Waals surface area contributed by atoms with Gasteiger partial charge in [0.2, 0.25) is 0 Å². The van der Waals surface area contributed by atoms with E-state index in [0.717, 1.165) is 5.56 Å². The van der Waals surface area contributed by atoms with Crippen LogP contribution >= 0.6 is 11.6 Å². The van der Waals surface area contributed by atoms with E-state index < -0.39 is 23.8 Å². The number of fused-ring (bicyclic) bond motifs is 9. The molecule has 1 aliphatic carbocycles. The zero-order chi connectivity index (χ0) is 23.3. The van der Waals surface area contributed by atoms with E-state index in [0.29, 0.717) is 41.5 Å². The summed E-state index contributed by atoms with van der Waals surface area (Å²) in [6.07, 6.45) is 3.06. The van der Waals surface area contributed by atoms with Gasteiger partial charge in [-0.25, -0.2) is 4.79 Å². The van der Waals surface area contributed by atoms with Crippen LogP contribution in [0.3, 0.4) is 0 Å². The van der Waals surface area contributed by atoms with Crippen molar-refractivity contribution in [3.05, 3.63) is 70.8 Å². The van der Waals surface area contributed by atoms with Gasteiger partial charge >= 0.3 is 6.09 Å². The van der Waals surface area contributed by atoms with Crippen molar-refractivity contribution < 1.29 is 23.8 Å². The molecule has 0 spiro atoms. The number of halogens is 1. The number of benzene rings is 2. The highest BCUT2D eigenvalue weighted by Crippen LogP contribution is 2.34. The summed E-state index contributed by atoms with van der Waals surface area (Å²) in [5, 5.41) is 14.9. The molecular weight excluding hydrogens is 446 g/mol. The number of ether oxygens (including phenoxy) is 3. The van der Waals surface area contributed by atoms with Gasteiger partial charge in [0, 0.05) is 6.42 Å². The zero-order valence-electron chi connectivity index (χ0n) is 17.7. The molecular formula is C24H22ClN3O5. The molecule has 0 aromatic heterocycles. The van der Waals surface area contributed by atoms with Crippen LogP contribution in [0.5, 0.6) is 11.5 Å². The molecule has 0 saturated heterocycles. The van der Waals surface area contributed by atoms with E-state index in [9.17, 15) is 14.9 Å². The van der Waals surface area contributed by atoms with Crippen molar-refractivity contribution in [3.63, 3.8) is 0 Å². The Balaban J connectivity index is 1.60. The maximum Gasteiger partial charge on any atom is 0.410 e. The number of carbonyl (C=O) groups is 2. The van der Waals surface area contributed by atoms with Crippen LogP contribution in [-0.2, 0) is 11.2 Å². The fraction of sp³-hybridized carbons (Fsp3) is 0.292. The van der Waals surface area contributed by atoms with Crippen LogP contribution in [0.4, 0.5) is 4.79 Å². The Morgan fingerprint density at radius 3 is 2.58 bits per heavy atom. The number of nitrogens with one attached hydrogen (secondary N) is 2. The van der Waals surface area contributed by atoms with Crippen LogP contribution in [0.15, 0.2) is 54.6 Å². The predicted molar refractivity (Wildman–Crippen MR) is 120 cm³/mol. The third-order valence-corrected chi connectivity index (χ3v) is 5.53. The third-order valence-electron chi connectivity index (χ3n) is 5.23. The molecule has 1 saturated carbocycles. The lowest BCUT2D eigenvalue weighted by Crippen LogP contribution is -2.45. The first kappa shape index (κ1) is 22.5.